The van der Waals surface area contributed by atoms with E-state index >= 15 is 0 Å². The van der Waals surface area contributed by atoms with E-state index in [9.17, 15) is 4.79 Å². The molecule has 1 aliphatic heterocycles. The third-order valence-corrected chi connectivity index (χ3v) is 2.49. The second-order valence-corrected chi connectivity index (χ2v) is 3.71. The number of carbonyl (C=O) groups excluding carboxylic acids is 1. The minimum atomic E-state index is -0.611. The van der Waals surface area contributed by atoms with E-state index in [1.165, 1.54) is 0 Å². The fourth-order valence-corrected chi connectivity index (χ4v) is 1.56. The molecule has 2 unspecified atom stereocenters. The monoisotopic (exact) mass is 202 g/mol. The summed E-state index contributed by atoms with van der Waals surface area (Å²) in [5.41, 5.74) is 10.2. The molecule has 5 heteroatoms. The zero-order chi connectivity index (χ0) is 10.6. The Morgan fingerprint density at radius 1 is 1.71 bits per heavy atom. The third kappa shape index (κ3) is 2.67. The molecule has 5 nitrogen and oxygen atoms in total. The topological polar surface area (TPSA) is 87.6 Å². The highest BCUT2D eigenvalue weighted by molar-refractivity contribution is 5.78. The lowest BCUT2D eigenvalue weighted by Crippen LogP contribution is -2.51. The molecule has 0 bridgehead atoms. The van der Waals surface area contributed by atoms with Crippen LogP contribution in [0.4, 0.5) is 0 Å². The van der Waals surface area contributed by atoms with Crippen LogP contribution in [-0.2, 0) is 14.3 Å². The largest absolute Gasteiger partial charge is 0.378 e. The first-order valence-corrected chi connectivity index (χ1v) is 4.84. The van der Waals surface area contributed by atoms with Crippen LogP contribution in [0.15, 0.2) is 0 Å². The van der Waals surface area contributed by atoms with Crippen molar-refractivity contribution in [2.75, 3.05) is 19.8 Å². The lowest BCUT2D eigenvalue weighted by molar-refractivity contribution is -0.162. The van der Waals surface area contributed by atoms with Crippen LogP contribution in [0.3, 0.4) is 0 Å². The van der Waals surface area contributed by atoms with Gasteiger partial charge in [0.2, 0.25) is 5.91 Å². The molecular weight excluding hydrogens is 184 g/mol. The molecular formula is C9H18N2O3. The summed E-state index contributed by atoms with van der Waals surface area (Å²) in [6.07, 6.45) is 1.12. The highest BCUT2D eigenvalue weighted by atomic mass is 16.6. The molecule has 1 fully saturated rings. The zero-order valence-electron chi connectivity index (χ0n) is 8.49. The van der Waals surface area contributed by atoms with Gasteiger partial charge < -0.3 is 20.9 Å². The molecule has 2 atom stereocenters. The van der Waals surface area contributed by atoms with Crippen molar-refractivity contribution in [3.63, 3.8) is 0 Å². The van der Waals surface area contributed by atoms with Crippen molar-refractivity contribution in [2.45, 2.75) is 31.5 Å². The maximum Gasteiger partial charge on any atom is 0.246 e. The van der Waals surface area contributed by atoms with E-state index in [1.807, 2.05) is 0 Å². The molecule has 0 aromatic rings. The number of ether oxygens (including phenoxy) is 2. The Morgan fingerprint density at radius 3 is 2.86 bits per heavy atom. The van der Waals surface area contributed by atoms with E-state index in [1.54, 1.807) is 6.92 Å². The van der Waals surface area contributed by atoms with E-state index in [-0.39, 0.29) is 0 Å². The number of nitrogens with two attached hydrogens (primary N) is 2. The number of hydrogen-bond acceptors (Lipinski definition) is 4. The molecule has 1 saturated heterocycles. The van der Waals surface area contributed by atoms with Crippen molar-refractivity contribution in [3.8, 4) is 0 Å². The van der Waals surface area contributed by atoms with Crippen LogP contribution in [0.5, 0.6) is 0 Å². The number of rotatable bonds is 4. The molecule has 0 radical (unpaired) electrons. The smallest absolute Gasteiger partial charge is 0.246 e. The Hall–Kier alpha value is -0.650. The van der Waals surface area contributed by atoms with Gasteiger partial charge in [-0.3, -0.25) is 4.79 Å². The van der Waals surface area contributed by atoms with E-state index in [2.05, 4.69) is 0 Å². The van der Waals surface area contributed by atoms with Crippen LogP contribution in [0.1, 0.15) is 19.8 Å². The minimum Gasteiger partial charge on any atom is -0.378 e. The Kier molecular flexibility index (Phi) is 3.86. The van der Waals surface area contributed by atoms with Crippen LogP contribution in [-0.4, -0.2) is 37.4 Å². The van der Waals surface area contributed by atoms with Crippen molar-refractivity contribution in [1.29, 1.82) is 0 Å². The fraction of sp³-hybridized carbons (Fsp3) is 0.889. The number of amides is 1. The first-order valence-electron chi connectivity index (χ1n) is 4.84. The van der Waals surface area contributed by atoms with Crippen LogP contribution in [0, 0.1) is 0 Å². The van der Waals surface area contributed by atoms with Crippen LogP contribution < -0.4 is 11.5 Å². The van der Waals surface area contributed by atoms with Gasteiger partial charge in [0.15, 0.2) is 0 Å². The van der Waals surface area contributed by atoms with Gasteiger partial charge in [0.1, 0.15) is 11.7 Å². The van der Waals surface area contributed by atoms with Gasteiger partial charge in [0.25, 0.3) is 0 Å². The lowest BCUT2D eigenvalue weighted by atomic mass is 9.96. The van der Waals surface area contributed by atoms with Crippen LogP contribution in [0.25, 0.3) is 0 Å². The van der Waals surface area contributed by atoms with Crippen molar-refractivity contribution < 1.29 is 14.3 Å². The summed E-state index contributed by atoms with van der Waals surface area (Å²) >= 11 is 0. The SMILES string of the molecule is CC(OC1(CN)CCCOC1)C(N)=O. The first kappa shape index (κ1) is 11.4. The Labute approximate surface area is 83.7 Å². The molecule has 0 aromatic carbocycles. The summed E-state index contributed by atoms with van der Waals surface area (Å²) < 4.78 is 10.9. The van der Waals surface area contributed by atoms with Gasteiger partial charge in [-0.2, -0.15) is 0 Å². The van der Waals surface area contributed by atoms with Crippen molar-refractivity contribution >= 4 is 5.91 Å². The predicted molar refractivity (Wildman–Crippen MR) is 51.6 cm³/mol. The van der Waals surface area contributed by atoms with E-state index in [0.717, 1.165) is 19.4 Å². The average molecular weight is 202 g/mol. The summed E-state index contributed by atoms with van der Waals surface area (Å²) in [7, 11) is 0. The Morgan fingerprint density at radius 2 is 2.43 bits per heavy atom. The van der Waals surface area contributed by atoms with Crippen LogP contribution in [0.2, 0.25) is 0 Å². The second-order valence-electron chi connectivity index (χ2n) is 3.71. The molecule has 1 amide bonds. The molecule has 1 aliphatic rings. The van der Waals surface area contributed by atoms with Gasteiger partial charge in [-0.25, -0.2) is 0 Å². The van der Waals surface area contributed by atoms with Gasteiger partial charge in [0, 0.05) is 13.2 Å². The molecule has 0 saturated carbocycles. The standard InChI is InChI=1S/C9H18N2O3/c1-7(8(11)12)14-9(5-10)3-2-4-13-6-9/h7H,2-6,10H2,1H3,(H2,11,12). The van der Waals surface area contributed by atoms with Crippen molar-refractivity contribution in [2.24, 2.45) is 11.5 Å². The Balaban J connectivity index is 2.55. The molecule has 1 rings (SSSR count). The van der Waals surface area contributed by atoms with Gasteiger partial charge in [0.05, 0.1) is 6.61 Å². The number of primary amides is 1. The quantitative estimate of drug-likeness (QED) is 0.636. The molecule has 0 aromatic heterocycles. The second kappa shape index (κ2) is 4.72. The Bertz CT molecular complexity index is 202. The summed E-state index contributed by atoms with van der Waals surface area (Å²) in [5, 5.41) is 0. The van der Waals surface area contributed by atoms with Crippen molar-refractivity contribution in [3.05, 3.63) is 0 Å². The highest BCUT2D eigenvalue weighted by Crippen LogP contribution is 2.23. The summed E-state index contributed by atoms with van der Waals surface area (Å²) in [6, 6.07) is 0. The lowest BCUT2D eigenvalue weighted by Gasteiger charge is -2.37. The van der Waals surface area contributed by atoms with Gasteiger partial charge in [-0.1, -0.05) is 0 Å². The molecule has 4 N–H and O–H groups in total. The average Bonchev–Trinajstić information content (AvgIpc) is 2.19. The third-order valence-electron chi connectivity index (χ3n) is 2.49. The summed E-state index contributed by atoms with van der Waals surface area (Å²) in [6.45, 7) is 3.16. The minimum absolute atomic E-state index is 0.352. The number of hydrogen-bond donors (Lipinski definition) is 2. The fourth-order valence-electron chi connectivity index (χ4n) is 1.56. The predicted octanol–water partition coefficient (Wildman–Crippen LogP) is -0.615. The highest BCUT2D eigenvalue weighted by Gasteiger charge is 2.35. The molecule has 0 aliphatic carbocycles. The first-order chi connectivity index (χ1) is 6.59. The molecule has 82 valence electrons. The summed E-state index contributed by atoms with van der Waals surface area (Å²) in [4.78, 5) is 10.8. The van der Waals surface area contributed by atoms with E-state index < -0.39 is 17.6 Å². The summed E-state index contributed by atoms with van der Waals surface area (Å²) in [5.74, 6) is -0.469. The van der Waals surface area contributed by atoms with E-state index in [0.29, 0.717) is 13.2 Å². The van der Waals surface area contributed by atoms with Crippen molar-refractivity contribution in [1.82, 2.24) is 0 Å². The zero-order valence-corrected chi connectivity index (χ0v) is 8.49. The normalized spacial score (nSPS) is 29.9. The van der Waals surface area contributed by atoms with E-state index in [4.69, 9.17) is 20.9 Å². The van der Waals surface area contributed by atoms with Crippen LogP contribution >= 0.6 is 0 Å². The molecule has 1 heterocycles. The maximum absolute atomic E-state index is 10.8. The number of carbonyl (C=O) groups is 1. The maximum atomic E-state index is 10.8. The molecule has 14 heavy (non-hydrogen) atoms. The van der Waals surface area contributed by atoms with Gasteiger partial charge in [-0.15, -0.1) is 0 Å². The van der Waals surface area contributed by atoms with Gasteiger partial charge in [-0.05, 0) is 19.8 Å². The van der Waals surface area contributed by atoms with Gasteiger partial charge >= 0.3 is 0 Å². The molecule has 0 spiro atoms.